The van der Waals surface area contributed by atoms with Gasteiger partial charge in [-0.25, -0.2) is 0 Å². The molecule has 0 amide bonds. The fourth-order valence-electron chi connectivity index (χ4n) is 4.97. The largest absolute Gasteiger partial charge is 0.389 e. The van der Waals surface area contributed by atoms with Gasteiger partial charge in [0.2, 0.25) is 0 Å². The van der Waals surface area contributed by atoms with Crippen molar-refractivity contribution in [3.05, 3.63) is 0 Å². The van der Waals surface area contributed by atoms with E-state index in [-0.39, 0.29) is 12.1 Å². The molecule has 3 atom stereocenters. The molecule has 0 radical (unpaired) electrons. The van der Waals surface area contributed by atoms with Gasteiger partial charge in [0.15, 0.2) is 0 Å². The van der Waals surface area contributed by atoms with Crippen molar-refractivity contribution >= 4 is 11.8 Å². The van der Waals surface area contributed by atoms with Crippen LogP contribution in [-0.2, 0) is 4.74 Å². The number of hydrogen-bond acceptors (Lipinski definition) is 4. The summed E-state index contributed by atoms with van der Waals surface area (Å²) in [6.07, 6.45) is 9.31. The second kappa shape index (κ2) is 7.23. The van der Waals surface area contributed by atoms with Gasteiger partial charge in [0, 0.05) is 30.2 Å². The molecule has 3 fully saturated rings. The Kier molecular flexibility index (Phi) is 5.67. The highest BCUT2D eigenvalue weighted by atomic mass is 32.2. The summed E-state index contributed by atoms with van der Waals surface area (Å²) >= 11 is 2.20. The average molecular weight is 342 g/mol. The highest BCUT2D eigenvalue weighted by Gasteiger charge is 2.46. The zero-order valence-electron chi connectivity index (χ0n) is 15.2. The van der Waals surface area contributed by atoms with Crippen LogP contribution >= 0.6 is 11.8 Å². The van der Waals surface area contributed by atoms with E-state index in [0.29, 0.717) is 10.7 Å². The molecule has 0 aromatic carbocycles. The minimum atomic E-state index is -0.709. The molecule has 1 N–H and O–H groups in total. The van der Waals surface area contributed by atoms with Gasteiger partial charge in [0.25, 0.3) is 0 Å². The molecule has 0 bridgehead atoms. The minimum Gasteiger partial charge on any atom is -0.389 e. The third-order valence-electron chi connectivity index (χ3n) is 6.09. The second-order valence-corrected chi connectivity index (χ2v) is 10.3. The van der Waals surface area contributed by atoms with Crippen molar-refractivity contribution < 1.29 is 9.84 Å². The van der Waals surface area contributed by atoms with Gasteiger partial charge in [-0.3, -0.25) is 4.90 Å². The fraction of sp³-hybridized carbons (Fsp3) is 1.00. The second-order valence-electron chi connectivity index (χ2n) is 8.70. The molecule has 3 nitrogen and oxygen atoms in total. The number of thioether (sulfide) groups is 1. The third kappa shape index (κ3) is 4.26. The Bertz CT molecular complexity index is 384. The van der Waals surface area contributed by atoms with Crippen LogP contribution in [0.4, 0.5) is 0 Å². The quantitative estimate of drug-likeness (QED) is 0.848. The molecule has 2 heterocycles. The van der Waals surface area contributed by atoms with Gasteiger partial charge in [-0.1, -0.05) is 26.2 Å². The van der Waals surface area contributed by atoms with E-state index in [1.165, 1.54) is 37.9 Å². The monoisotopic (exact) mass is 341 g/mol. The SMILES string of the molecule is C[C@H]1CCO[C@@H]([C@H](N2CCSC3(CCCCC3)C2)C(C)(C)O)C1. The molecule has 1 spiro atoms. The van der Waals surface area contributed by atoms with Crippen LogP contribution in [0.3, 0.4) is 0 Å². The van der Waals surface area contributed by atoms with Crippen molar-refractivity contribution in [3.8, 4) is 0 Å². The smallest absolute Gasteiger partial charge is 0.0771 e. The first-order valence-corrected chi connectivity index (χ1v) is 10.6. The lowest BCUT2D eigenvalue weighted by Crippen LogP contribution is -2.62. The van der Waals surface area contributed by atoms with Crippen LogP contribution in [0.1, 0.15) is 65.7 Å². The van der Waals surface area contributed by atoms with Gasteiger partial charge in [0.1, 0.15) is 0 Å². The molecule has 134 valence electrons. The Labute approximate surface area is 146 Å². The van der Waals surface area contributed by atoms with Gasteiger partial charge in [-0.2, -0.15) is 11.8 Å². The van der Waals surface area contributed by atoms with Crippen molar-refractivity contribution in [1.82, 2.24) is 4.90 Å². The van der Waals surface area contributed by atoms with Crippen LogP contribution in [0.15, 0.2) is 0 Å². The lowest BCUT2D eigenvalue weighted by atomic mass is 9.83. The lowest BCUT2D eigenvalue weighted by molar-refractivity contribution is -0.123. The van der Waals surface area contributed by atoms with Crippen molar-refractivity contribution in [2.45, 2.75) is 88.2 Å². The minimum absolute atomic E-state index is 0.130. The highest BCUT2D eigenvalue weighted by Crippen LogP contribution is 2.44. The predicted octanol–water partition coefficient (Wildman–Crippen LogP) is 3.69. The maximum Gasteiger partial charge on any atom is 0.0771 e. The topological polar surface area (TPSA) is 32.7 Å². The Morgan fingerprint density at radius 3 is 2.65 bits per heavy atom. The molecule has 0 aromatic heterocycles. The summed E-state index contributed by atoms with van der Waals surface area (Å²) < 4.78 is 6.60. The predicted molar refractivity (Wildman–Crippen MR) is 98.1 cm³/mol. The first-order valence-electron chi connectivity index (χ1n) is 9.62. The Hall–Kier alpha value is 0.230. The molecule has 1 saturated carbocycles. The summed E-state index contributed by atoms with van der Waals surface area (Å²) in [6.45, 7) is 9.37. The molecular formula is C19H35NO2S. The van der Waals surface area contributed by atoms with Crippen LogP contribution < -0.4 is 0 Å². The summed E-state index contributed by atoms with van der Waals surface area (Å²) in [5, 5.41) is 10.9. The number of rotatable bonds is 3. The molecule has 2 aliphatic heterocycles. The van der Waals surface area contributed by atoms with Crippen LogP contribution in [-0.4, -0.2) is 57.9 Å². The van der Waals surface area contributed by atoms with Gasteiger partial charge in [-0.15, -0.1) is 0 Å². The normalized spacial score (nSPS) is 34.4. The zero-order chi connectivity index (χ0) is 16.5. The third-order valence-corrected chi connectivity index (χ3v) is 7.63. The molecule has 3 aliphatic rings. The fourth-order valence-corrected chi connectivity index (χ4v) is 6.56. The molecule has 4 heteroatoms. The average Bonchev–Trinajstić information content (AvgIpc) is 2.47. The first-order chi connectivity index (χ1) is 10.9. The Morgan fingerprint density at radius 1 is 1.26 bits per heavy atom. The van der Waals surface area contributed by atoms with Crippen LogP contribution in [0.5, 0.6) is 0 Å². The van der Waals surface area contributed by atoms with E-state index in [9.17, 15) is 5.11 Å². The van der Waals surface area contributed by atoms with Crippen molar-refractivity contribution in [2.24, 2.45) is 5.92 Å². The first kappa shape index (κ1) is 18.0. The van der Waals surface area contributed by atoms with Crippen molar-refractivity contribution in [3.63, 3.8) is 0 Å². The molecule has 0 unspecified atom stereocenters. The summed E-state index contributed by atoms with van der Waals surface area (Å²) in [5.41, 5.74) is -0.709. The van der Waals surface area contributed by atoms with E-state index in [4.69, 9.17) is 4.74 Å². The van der Waals surface area contributed by atoms with E-state index in [0.717, 1.165) is 32.5 Å². The number of aliphatic hydroxyl groups is 1. The van der Waals surface area contributed by atoms with Crippen molar-refractivity contribution in [2.75, 3.05) is 25.4 Å². The number of ether oxygens (including phenoxy) is 1. The summed E-state index contributed by atoms with van der Waals surface area (Å²) in [7, 11) is 0. The molecule has 23 heavy (non-hydrogen) atoms. The number of nitrogens with zero attached hydrogens (tertiary/aromatic N) is 1. The zero-order valence-corrected chi connectivity index (χ0v) is 16.0. The van der Waals surface area contributed by atoms with Gasteiger partial charge in [-0.05, 0) is 45.4 Å². The highest BCUT2D eigenvalue weighted by molar-refractivity contribution is 8.00. The Morgan fingerprint density at radius 2 is 2.00 bits per heavy atom. The summed E-state index contributed by atoms with van der Waals surface area (Å²) in [5.74, 6) is 1.91. The maximum absolute atomic E-state index is 10.9. The Balaban J connectivity index is 1.76. The van der Waals surface area contributed by atoms with E-state index in [1.54, 1.807) is 0 Å². The molecular weight excluding hydrogens is 306 g/mol. The molecule has 2 saturated heterocycles. The molecule has 3 rings (SSSR count). The standard InChI is InChI=1S/C19H35NO2S/c1-15-7-11-22-16(13-15)17(18(2,3)21)20-10-12-23-19(14-20)8-5-4-6-9-19/h15-17,21H,4-14H2,1-3H3/t15-,16+,17-/m0/s1. The van der Waals surface area contributed by atoms with E-state index in [1.807, 2.05) is 13.8 Å². The van der Waals surface area contributed by atoms with Crippen molar-refractivity contribution in [1.29, 1.82) is 0 Å². The van der Waals surface area contributed by atoms with Gasteiger partial charge < -0.3 is 9.84 Å². The molecule has 1 aliphatic carbocycles. The van der Waals surface area contributed by atoms with E-state index >= 15 is 0 Å². The van der Waals surface area contributed by atoms with Gasteiger partial charge in [0.05, 0.1) is 17.7 Å². The summed E-state index contributed by atoms with van der Waals surface area (Å²) in [6, 6.07) is 0.130. The van der Waals surface area contributed by atoms with Crippen LogP contribution in [0.25, 0.3) is 0 Å². The van der Waals surface area contributed by atoms with Crippen LogP contribution in [0.2, 0.25) is 0 Å². The number of hydrogen-bond donors (Lipinski definition) is 1. The van der Waals surface area contributed by atoms with Gasteiger partial charge >= 0.3 is 0 Å². The van der Waals surface area contributed by atoms with E-state index < -0.39 is 5.60 Å². The summed E-state index contributed by atoms with van der Waals surface area (Å²) in [4.78, 5) is 2.59. The lowest BCUT2D eigenvalue weighted by Gasteiger charge is -2.52. The van der Waals surface area contributed by atoms with E-state index in [2.05, 4.69) is 23.6 Å². The molecule has 0 aromatic rings. The van der Waals surface area contributed by atoms with Crippen LogP contribution in [0, 0.1) is 5.92 Å². The maximum atomic E-state index is 10.9.